The molecular weight excluding hydrogens is 359 g/mol. The van der Waals surface area contributed by atoms with E-state index in [9.17, 15) is 17.6 Å². The van der Waals surface area contributed by atoms with E-state index in [1.807, 2.05) is 0 Å². The number of carbonyl (C=O) groups is 1. The standard InChI is InChI=1S/C15H14ClFN2O4S/c1-9(20)18-13-8-10(6-7-14(13)23-2)24(21,22)19-12-5-3-4-11(16)15(12)17/h3-8,19H,1-2H3,(H,18,20). The van der Waals surface area contributed by atoms with E-state index in [4.69, 9.17) is 16.3 Å². The topological polar surface area (TPSA) is 84.5 Å². The zero-order valence-electron chi connectivity index (χ0n) is 12.8. The average Bonchev–Trinajstić information content (AvgIpc) is 2.51. The molecule has 2 aromatic carbocycles. The molecule has 0 spiro atoms. The van der Waals surface area contributed by atoms with Gasteiger partial charge in [-0.3, -0.25) is 9.52 Å². The SMILES string of the molecule is COc1ccc(S(=O)(=O)Nc2cccc(Cl)c2F)cc1NC(C)=O. The highest BCUT2D eigenvalue weighted by atomic mass is 35.5. The molecule has 2 N–H and O–H groups in total. The van der Waals surface area contributed by atoms with Gasteiger partial charge >= 0.3 is 0 Å². The molecule has 2 rings (SSSR count). The second-order valence-corrected chi connectivity index (χ2v) is 6.84. The molecule has 0 fully saturated rings. The second-order valence-electron chi connectivity index (χ2n) is 4.75. The highest BCUT2D eigenvalue weighted by molar-refractivity contribution is 7.92. The smallest absolute Gasteiger partial charge is 0.262 e. The van der Waals surface area contributed by atoms with E-state index in [1.165, 1.54) is 50.4 Å². The van der Waals surface area contributed by atoms with E-state index in [-0.39, 0.29) is 27.0 Å². The third-order valence-electron chi connectivity index (χ3n) is 2.99. The fourth-order valence-electron chi connectivity index (χ4n) is 1.93. The van der Waals surface area contributed by atoms with Gasteiger partial charge in [-0.05, 0) is 30.3 Å². The molecule has 128 valence electrons. The number of anilines is 2. The van der Waals surface area contributed by atoms with Crippen molar-refractivity contribution in [1.82, 2.24) is 0 Å². The first-order valence-corrected chi connectivity index (χ1v) is 8.53. The molecule has 9 heteroatoms. The minimum atomic E-state index is -4.09. The lowest BCUT2D eigenvalue weighted by atomic mass is 10.3. The van der Waals surface area contributed by atoms with E-state index in [0.29, 0.717) is 0 Å². The molecule has 0 saturated heterocycles. The molecule has 0 aliphatic rings. The van der Waals surface area contributed by atoms with E-state index < -0.39 is 21.7 Å². The summed E-state index contributed by atoms with van der Waals surface area (Å²) in [6.07, 6.45) is 0. The number of hydrogen-bond acceptors (Lipinski definition) is 4. The predicted molar refractivity (Wildman–Crippen MR) is 89.5 cm³/mol. The van der Waals surface area contributed by atoms with Crippen LogP contribution in [0, 0.1) is 5.82 Å². The highest BCUT2D eigenvalue weighted by Crippen LogP contribution is 2.29. The van der Waals surface area contributed by atoms with Crippen molar-refractivity contribution in [3.05, 3.63) is 47.2 Å². The highest BCUT2D eigenvalue weighted by Gasteiger charge is 2.19. The molecule has 0 heterocycles. The molecule has 0 radical (unpaired) electrons. The van der Waals surface area contributed by atoms with Gasteiger partial charge in [0.25, 0.3) is 10.0 Å². The minimum Gasteiger partial charge on any atom is -0.495 e. The lowest BCUT2D eigenvalue weighted by molar-refractivity contribution is -0.114. The summed E-state index contributed by atoms with van der Waals surface area (Å²) in [6.45, 7) is 1.28. The summed E-state index contributed by atoms with van der Waals surface area (Å²) in [4.78, 5) is 11.0. The van der Waals surface area contributed by atoms with Crippen LogP contribution in [0.5, 0.6) is 5.75 Å². The first-order chi connectivity index (χ1) is 11.2. The Morgan fingerprint density at radius 1 is 1.21 bits per heavy atom. The van der Waals surface area contributed by atoms with Crippen molar-refractivity contribution in [3.63, 3.8) is 0 Å². The molecule has 0 bridgehead atoms. The minimum absolute atomic E-state index is 0.175. The first kappa shape index (κ1) is 18.0. The fourth-order valence-corrected chi connectivity index (χ4v) is 3.19. The molecule has 0 saturated carbocycles. The van der Waals surface area contributed by atoms with Crippen LogP contribution in [0.3, 0.4) is 0 Å². The van der Waals surface area contributed by atoms with Crippen LogP contribution in [0.15, 0.2) is 41.3 Å². The number of carbonyl (C=O) groups excluding carboxylic acids is 1. The number of sulfonamides is 1. The molecule has 2 aromatic rings. The predicted octanol–water partition coefficient (Wildman–Crippen LogP) is 3.25. The van der Waals surface area contributed by atoms with Gasteiger partial charge in [0.05, 0.1) is 28.4 Å². The third kappa shape index (κ3) is 3.95. The van der Waals surface area contributed by atoms with Crippen molar-refractivity contribution in [1.29, 1.82) is 0 Å². The Morgan fingerprint density at radius 3 is 2.54 bits per heavy atom. The lowest BCUT2D eigenvalue weighted by Gasteiger charge is -2.13. The summed E-state index contributed by atoms with van der Waals surface area (Å²) in [5, 5.41) is 2.27. The van der Waals surface area contributed by atoms with E-state index >= 15 is 0 Å². The third-order valence-corrected chi connectivity index (χ3v) is 4.64. The van der Waals surface area contributed by atoms with Gasteiger partial charge in [0.15, 0.2) is 5.82 Å². The molecule has 0 aliphatic carbocycles. The van der Waals surface area contributed by atoms with Crippen LogP contribution in [-0.4, -0.2) is 21.4 Å². The van der Waals surface area contributed by atoms with Gasteiger partial charge in [0.1, 0.15) is 5.75 Å². The summed E-state index contributed by atoms with van der Waals surface area (Å²) in [7, 11) is -2.71. The van der Waals surface area contributed by atoms with Gasteiger partial charge in [0.2, 0.25) is 5.91 Å². The van der Waals surface area contributed by atoms with Crippen molar-refractivity contribution < 1.29 is 22.3 Å². The number of methoxy groups -OCH3 is 1. The maximum absolute atomic E-state index is 13.9. The quantitative estimate of drug-likeness (QED) is 0.843. The summed E-state index contributed by atoms with van der Waals surface area (Å²) in [6, 6.07) is 7.84. The molecule has 0 aliphatic heterocycles. The van der Waals surface area contributed by atoms with Crippen molar-refractivity contribution in [2.24, 2.45) is 0 Å². The van der Waals surface area contributed by atoms with Crippen LogP contribution in [-0.2, 0) is 14.8 Å². The average molecular weight is 373 g/mol. The maximum Gasteiger partial charge on any atom is 0.262 e. The second kappa shape index (κ2) is 7.06. The van der Waals surface area contributed by atoms with Crippen LogP contribution in [0.25, 0.3) is 0 Å². The summed E-state index contributed by atoms with van der Waals surface area (Å²) in [5.74, 6) is -0.979. The Labute approximate surface area is 143 Å². The lowest BCUT2D eigenvalue weighted by Crippen LogP contribution is -2.15. The van der Waals surface area contributed by atoms with E-state index in [0.717, 1.165) is 0 Å². The Balaban J connectivity index is 2.42. The van der Waals surface area contributed by atoms with Crippen molar-refractivity contribution >= 4 is 38.9 Å². The number of nitrogens with one attached hydrogen (secondary N) is 2. The van der Waals surface area contributed by atoms with Crippen molar-refractivity contribution in [3.8, 4) is 5.75 Å². The van der Waals surface area contributed by atoms with Gasteiger partial charge in [-0.1, -0.05) is 17.7 Å². The van der Waals surface area contributed by atoms with Gasteiger partial charge in [0, 0.05) is 6.92 Å². The van der Waals surface area contributed by atoms with Crippen LogP contribution in [0.1, 0.15) is 6.92 Å². The van der Waals surface area contributed by atoms with Crippen molar-refractivity contribution in [2.75, 3.05) is 17.1 Å². The Bertz CT molecular complexity index is 887. The van der Waals surface area contributed by atoms with Gasteiger partial charge in [-0.15, -0.1) is 0 Å². The molecular formula is C15H14ClFN2O4S. The Hall–Kier alpha value is -2.32. The van der Waals surface area contributed by atoms with Crippen LogP contribution in [0.2, 0.25) is 5.02 Å². The Morgan fingerprint density at radius 2 is 1.92 bits per heavy atom. The molecule has 0 unspecified atom stereocenters. The number of ether oxygens (including phenoxy) is 1. The van der Waals surface area contributed by atoms with Crippen LogP contribution >= 0.6 is 11.6 Å². The summed E-state index contributed by atoms with van der Waals surface area (Å²) < 4.78 is 45.9. The number of rotatable bonds is 5. The summed E-state index contributed by atoms with van der Waals surface area (Å²) in [5.41, 5.74) is -0.0983. The Kier molecular flexibility index (Phi) is 5.30. The van der Waals surface area contributed by atoms with Gasteiger partial charge in [-0.2, -0.15) is 0 Å². The van der Waals surface area contributed by atoms with Gasteiger partial charge < -0.3 is 10.1 Å². The monoisotopic (exact) mass is 372 g/mol. The molecule has 24 heavy (non-hydrogen) atoms. The molecule has 1 amide bonds. The van der Waals surface area contributed by atoms with E-state index in [2.05, 4.69) is 10.0 Å². The first-order valence-electron chi connectivity index (χ1n) is 6.67. The molecule has 0 aromatic heterocycles. The van der Waals surface area contributed by atoms with Gasteiger partial charge in [-0.25, -0.2) is 12.8 Å². The molecule has 0 atom stereocenters. The zero-order valence-corrected chi connectivity index (χ0v) is 14.3. The number of amides is 1. The maximum atomic E-state index is 13.9. The van der Waals surface area contributed by atoms with Crippen LogP contribution in [0.4, 0.5) is 15.8 Å². The normalized spacial score (nSPS) is 11.0. The van der Waals surface area contributed by atoms with Crippen molar-refractivity contribution in [2.45, 2.75) is 11.8 Å². The number of benzene rings is 2. The summed E-state index contributed by atoms with van der Waals surface area (Å²) >= 11 is 5.64. The van der Waals surface area contributed by atoms with Crippen LogP contribution < -0.4 is 14.8 Å². The number of hydrogen-bond donors (Lipinski definition) is 2. The zero-order chi connectivity index (χ0) is 17.9. The number of halogens is 2. The van der Waals surface area contributed by atoms with E-state index in [1.54, 1.807) is 0 Å². The fraction of sp³-hybridized carbons (Fsp3) is 0.133. The largest absolute Gasteiger partial charge is 0.495 e. The molecule has 6 nitrogen and oxygen atoms in total.